The van der Waals surface area contributed by atoms with E-state index in [4.69, 9.17) is 4.42 Å². The molecule has 1 atom stereocenters. The van der Waals surface area contributed by atoms with Crippen molar-refractivity contribution >= 4 is 17.5 Å². The molecule has 1 N–H and O–H groups in total. The molecule has 138 valence electrons. The average Bonchev–Trinajstić information content (AvgIpc) is 3.24. The lowest BCUT2D eigenvalue weighted by atomic mass is 9.98. The lowest BCUT2D eigenvalue weighted by Crippen LogP contribution is -2.11. The molecule has 6 heteroatoms. The van der Waals surface area contributed by atoms with E-state index in [0.717, 1.165) is 23.3 Å². The first kappa shape index (κ1) is 17.3. The van der Waals surface area contributed by atoms with Crippen LogP contribution in [0.1, 0.15) is 28.4 Å². The molecule has 0 saturated heterocycles. The molecule has 1 heterocycles. The molecule has 1 aliphatic rings. The monoisotopic (exact) mass is 371 g/mol. The van der Waals surface area contributed by atoms with Crippen molar-refractivity contribution < 1.29 is 22.7 Å². The Labute approximate surface area is 154 Å². The largest absolute Gasteiger partial charge is 0.503 e. The highest BCUT2D eigenvalue weighted by Crippen LogP contribution is 2.45. The quantitative estimate of drug-likeness (QED) is 0.620. The molecule has 2 aromatic carbocycles. The van der Waals surface area contributed by atoms with Crippen LogP contribution in [0.2, 0.25) is 0 Å². The number of nitrogens with zero attached hydrogens (tertiary/aromatic N) is 1. The molecule has 1 unspecified atom stereocenters. The summed E-state index contributed by atoms with van der Waals surface area (Å²) in [4.78, 5) is 1.47. The number of benzene rings is 2. The summed E-state index contributed by atoms with van der Waals surface area (Å²) in [7, 11) is 1.59. The van der Waals surface area contributed by atoms with Gasteiger partial charge in [-0.15, -0.1) is 0 Å². The number of aromatic hydroxyl groups is 1. The van der Waals surface area contributed by atoms with Gasteiger partial charge in [-0.3, -0.25) is 0 Å². The summed E-state index contributed by atoms with van der Waals surface area (Å²) in [6, 6.07) is 12.7. The SMILES string of the molecule is CN(c1cccc(C(F)(F)F)c1)c1coc(C2C=Cc3ccccc32)c1O. The third-order valence-electron chi connectivity index (χ3n) is 4.78. The Kier molecular flexibility index (Phi) is 3.98. The zero-order valence-electron chi connectivity index (χ0n) is 14.4. The zero-order chi connectivity index (χ0) is 19.2. The summed E-state index contributed by atoms with van der Waals surface area (Å²) in [6.45, 7) is 0. The minimum absolute atomic E-state index is 0.0822. The number of hydrogen-bond acceptors (Lipinski definition) is 3. The second kappa shape index (κ2) is 6.23. The highest BCUT2D eigenvalue weighted by Gasteiger charge is 2.31. The number of allylic oxidation sites excluding steroid dienone is 1. The summed E-state index contributed by atoms with van der Waals surface area (Å²) in [5.41, 5.74) is 1.92. The fourth-order valence-electron chi connectivity index (χ4n) is 3.32. The third kappa shape index (κ3) is 2.97. The van der Waals surface area contributed by atoms with Gasteiger partial charge in [-0.05, 0) is 29.3 Å². The molecule has 1 aliphatic carbocycles. The molecule has 0 aliphatic heterocycles. The standard InChI is InChI=1S/C21H16F3NO2/c1-25(15-7-4-6-14(11-15)21(22,23)24)18-12-27-20(19(18)26)17-10-9-13-5-2-3-8-16(13)17/h2-12,17,26H,1H3. The van der Waals surface area contributed by atoms with Crippen LogP contribution in [0, 0.1) is 0 Å². The molecule has 0 radical (unpaired) electrons. The van der Waals surface area contributed by atoms with E-state index in [0.29, 0.717) is 17.1 Å². The molecule has 0 fully saturated rings. The Morgan fingerprint density at radius 3 is 2.63 bits per heavy atom. The van der Waals surface area contributed by atoms with E-state index in [1.807, 2.05) is 36.4 Å². The van der Waals surface area contributed by atoms with Crippen LogP contribution >= 0.6 is 0 Å². The molecule has 27 heavy (non-hydrogen) atoms. The van der Waals surface area contributed by atoms with Gasteiger partial charge in [-0.2, -0.15) is 13.2 Å². The maximum atomic E-state index is 13.0. The van der Waals surface area contributed by atoms with Crippen molar-refractivity contribution in [2.45, 2.75) is 12.1 Å². The molecular formula is C21H16F3NO2. The Morgan fingerprint density at radius 2 is 1.85 bits per heavy atom. The van der Waals surface area contributed by atoms with Crippen LogP contribution in [-0.2, 0) is 6.18 Å². The second-order valence-electron chi connectivity index (χ2n) is 6.41. The first-order chi connectivity index (χ1) is 12.9. The molecule has 0 bridgehead atoms. The molecule has 4 rings (SSSR count). The Hall–Kier alpha value is -3.15. The van der Waals surface area contributed by atoms with Crippen LogP contribution in [0.25, 0.3) is 6.08 Å². The van der Waals surface area contributed by atoms with Gasteiger partial charge in [-0.25, -0.2) is 0 Å². The zero-order valence-corrected chi connectivity index (χ0v) is 14.4. The average molecular weight is 371 g/mol. The van der Waals surface area contributed by atoms with E-state index in [9.17, 15) is 18.3 Å². The van der Waals surface area contributed by atoms with Crippen molar-refractivity contribution in [1.82, 2.24) is 0 Å². The van der Waals surface area contributed by atoms with Gasteiger partial charge in [0.1, 0.15) is 12.0 Å². The maximum Gasteiger partial charge on any atom is 0.416 e. The van der Waals surface area contributed by atoms with Crippen LogP contribution in [0.3, 0.4) is 0 Å². The van der Waals surface area contributed by atoms with Gasteiger partial charge in [0.15, 0.2) is 11.5 Å². The lowest BCUT2D eigenvalue weighted by molar-refractivity contribution is -0.137. The maximum absolute atomic E-state index is 13.0. The van der Waals surface area contributed by atoms with Crippen LogP contribution in [0.4, 0.5) is 24.5 Å². The summed E-state index contributed by atoms with van der Waals surface area (Å²) in [5.74, 6) is 0.0520. The van der Waals surface area contributed by atoms with Gasteiger partial charge >= 0.3 is 6.18 Å². The Bertz CT molecular complexity index is 1020. The van der Waals surface area contributed by atoms with E-state index >= 15 is 0 Å². The summed E-state index contributed by atoms with van der Waals surface area (Å²) in [5, 5.41) is 10.7. The van der Waals surface area contributed by atoms with E-state index < -0.39 is 11.7 Å². The fourth-order valence-corrected chi connectivity index (χ4v) is 3.32. The van der Waals surface area contributed by atoms with Gasteiger partial charge < -0.3 is 14.4 Å². The van der Waals surface area contributed by atoms with Crippen molar-refractivity contribution in [1.29, 1.82) is 0 Å². The van der Waals surface area contributed by atoms with Crippen molar-refractivity contribution in [3.8, 4) is 5.75 Å². The number of furan rings is 1. The van der Waals surface area contributed by atoms with Crippen LogP contribution in [-0.4, -0.2) is 12.2 Å². The summed E-state index contributed by atoms with van der Waals surface area (Å²) >= 11 is 0. The molecule has 0 saturated carbocycles. The second-order valence-corrected chi connectivity index (χ2v) is 6.41. The van der Waals surface area contributed by atoms with E-state index in [1.54, 1.807) is 13.1 Å². The fraction of sp³-hybridized carbons (Fsp3) is 0.143. The normalized spacial score (nSPS) is 15.8. The van der Waals surface area contributed by atoms with Gasteiger partial charge in [0.25, 0.3) is 0 Å². The van der Waals surface area contributed by atoms with Crippen LogP contribution in [0.5, 0.6) is 5.75 Å². The van der Waals surface area contributed by atoms with E-state index in [-0.39, 0.29) is 11.7 Å². The van der Waals surface area contributed by atoms with Crippen LogP contribution in [0.15, 0.2) is 65.3 Å². The van der Waals surface area contributed by atoms with Gasteiger partial charge in [0.05, 0.1) is 11.5 Å². The van der Waals surface area contributed by atoms with Crippen molar-refractivity contribution in [2.24, 2.45) is 0 Å². The Balaban J connectivity index is 1.68. The third-order valence-corrected chi connectivity index (χ3v) is 4.78. The molecular weight excluding hydrogens is 355 g/mol. The van der Waals surface area contributed by atoms with Gasteiger partial charge in [0.2, 0.25) is 0 Å². The van der Waals surface area contributed by atoms with Gasteiger partial charge in [0, 0.05) is 12.7 Å². The first-order valence-electron chi connectivity index (χ1n) is 8.34. The summed E-state index contributed by atoms with van der Waals surface area (Å²) in [6.07, 6.45) is 0.813. The number of fused-ring (bicyclic) bond motifs is 1. The highest BCUT2D eigenvalue weighted by molar-refractivity contribution is 5.72. The lowest BCUT2D eigenvalue weighted by Gasteiger charge is -2.19. The molecule has 0 amide bonds. The Morgan fingerprint density at radius 1 is 1.07 bits per heavy atom. The number of alkyl halides is 3. The predicted molar refractivity (Wildman–Crippen MR) is 97.2 cm³/mol. The molecule has 1 aromatic heterocycles. The predicted octanol–water partition coefficient (Wildman–Crippen LogP) is 5.93. The van der Waals surface area contributed by atoms with Crippen molar-refractivity contribution in [3.05, 3.63) is 83.3 Å². The number of halogens is 3. The molecule has 3 aromatic rings. The summed E-state index contributed by atoms with van der Waals surface area (Å²) < 4.78 is 44.5. The first-order valence-corrected chi connectivity index (χ1v) is 8.34. The van der Waals surface area contributed by atoms with Crippen molar-refractivity contribution in [2.75, 3.05) is 11.9 Å². The number of anilines is 2. The number of hydrogen-bond donors (Lipinski definition) is 1. The topological polar surface area (TPSA) is 36.6 Å². The molecule has 0 spiro atoms. The smallest absolute Gasteiger partial charge is 0.416 e. The number of rotatable bonds is 3. The van der Waals surface area contributed by atoms with Crippen LogP contribution < -0.4 is 4.90 Å². The van der Waals surface area contributed by atoms with Gasteiger partial charge in [-0.1, -0.05) is 42.5 Å². The highest BCUT2D eigenvalue weighted by atomic mass is 19.4. The molecule has 3 nitrogen and oxygen atoms in total. The van der Waals surface area contributed by atoms with E-state index in [2.05, 4.69) is 0 Å². The minimum atomic E-state index is -4.43. The minimum Gasteiger partial charge on any atom is -0.503 e. The van der Waals surface area contributed by atoms with E-state index in [1.165, 1.54) is 17.2 Å². The van der Waals surface area contributed by atoms with Crippen molar-refractivity contribution in [3.63, 3.8) is 0 Å².